The fourth-order valence-electron chi connectivity index (χ4n) is 5.69. The monoisotopic (exact) mass is 408 g/mol. The van der Waals surface area contributed by atoms with Crippen molar-refractivity contribution in [3.63, 3.8) is 0 Å². The lowest BCUT2D eigenvalue weighted by molar-refractivity contribution is 0.500. The molecule has 4 aromatic rings. The van der Waals surface area contributed by atoms with Gasteiger partial charge in [0.05, 0.1) is 5.41 Å². The molecule has 0 aromatic heterocycles. The lowest BCUT2D eigenvalue weighted by Crippen LogP contribution is -2.41. The molecule has 1 atom stereocenters. The standard InChI is InChI=1S/C32H24/c1-4-14-24(15-5-1)31-27-20-10-12-22-29(27)32(25-16-6-2-7-17-25,26-18-8-3-9-19-26)30-23-13-11-21-28(30)31/h1-23,29H. The summed E-state index contributed by atoms with van der Waals surface area (Å²) >= 11 is 0. The first-order valence-electron chi connectivity index (χ1n) is 11.3. The summed E-state index contributed by atoms with van der Waals surface area (Å²) in [4.78, 5) is 0. The van der Waals surface area contributed by atoms with Crippen LogP contribution in [0.4, 0.5) is 0 Å². The Kier molecular flexibility index (Phi) is 4.51. The normalized spacial score (nSPS) is 18.2. The topological polar surface area (TPSA) is 0 Å². The molecule has 0 saturated carbocycles. The van der Waals surface area contributed by atoms with E-state index in [2.05, 4.69) is 140 Å². The maximum absolute atomic E-state index is 2.40. The molecule has 0 bridgehead atoms. The van der Waals surface area contributed by atoms with Crippen LogP contribution in [0.2, 0.25) is 0 Å². The second kappa shape index (κ2) is 7.66. The summed E-state index contributed by atoms with van der Waals surface area (Å²) in [6, 6.07) is 41.9. The predicted molar refractivity (Wildman–Crippen MR) is 133 cm³/mol. The van der Waals surface area contributed by atoms with Gasteiger partial charge in [-0.25, -0.2) is 0 Å². The Morgan fingerprint density at radius 2 is 1.09 bits per heavy atom. The van der Waals surface area contributed by atoms with Crippen LogP contribution in [0.15, 0.2) is 145 Å². The van der Waals surface area contributed by atoms with Gasteiger partial charge in [-0.15, -0.1) is 0 Å². The van der Waals surface area contributed by atoms with E-state index in [1.165, 1.54) is 39.0 Å². The van der Waals surface area contributed by atoms with Gasteiger partial charge < -0.3 is 0 Å². The summed E-state index contributed by atoms with van der Waals surface area (Å²) in [5.74, 6) is 0.197. The number of fused-ring (bicyclic) bond motifs is 2. The van der Waals surface area contributed by atoms with Gasteiger partial charge in [-0.2, -0.15) is 0 Å². The van der Waals surface area contributed by atoms with Crippen LogP contribution in [0.1, 0.15) is 27.8 Å². The maximum atomic E-state index is 2.40. The van der Waals surface area contributed by atoms with Crippen molar-refractivity contribution in [3.05, 3.63) is 173 Å². The fraction of sp³-hybridized carbons (Fsp3) is 0.0625. The summed E-state index contributed by atoms with van der Waals surface area (Å²) in [5.41, 5.74) is 9.03. The van der Waals surface area contributed by atoms with Crippen molar-refractivity contribution >= 4 is 5.57 Å². The van der Waals surface area contributed by atoms with Crippen LogP contribution >= 0.6 is 0 Å². The van der Waals surface area contributed by atoms with Crippen LogP contribution < -0.4 is 0 Å². The van der Waals surface area contributed by atoms with Gasteiger partial charge in [0, 0.05) is 5.92 Å². The molecular weight excluding hydrogens is 384 g/mol. The van der Waals surface area contributed by atoms with Crippen LogP contribution in [-0.4, -0.2) is 0 Å². The van der Waals surface area contributed by atoms with Crippen LogP contribution in [0.25, 0.3) is 5.57 Å². The Bertz CT molecular complexity index is 1300. The fourth-order valence-corrected chi connectivity index (χ4v) is 5.69. The Balaban J connectivity index is 1.78. The quantitative estimate of drug-likeness (QED) is 0.328. The van der Waals surface area contributed by atoms with E-state index in [1.54, 1.807) is 0 Å². The lowest BCUT2D eigenvalue weighted by Gasteiger charge is -2.47. The van der Waals surface area contributed by atoms with Crippen molar-refractivity contribution in [1.82, 2.24) is 0 Å². The van der Waals surface area contributed by atoms with E-state index in [0.29, 0.717) is 0 Å². The molecule has 0 amide bonds. The number of hydrogen-bond donors (Lipinski definition) is 0. The van der Waals surface area contributed by atoms with Crippen LogP contribution in [0.5, 0.6) is 0 Å². The highest BCUT2D eigenvalue weighted by Gasteiger charge is 2.48. The van der Waals surface area contributed by atoms with Gasteiger partial charge in [0.15, 0.2) is 0 Å². The van der Waals surface area contributed by atoms with Crippen molar-refractivity contribution in [3.8, 4) is 0 Å². The molecule has 1 unspecified atom stereocenters. The van der Waals surface area contributed by atoms with Crippen molar-refractivity contribution in [1.29, 1.82) is 0 Å². The SMILES string of the molecule is C1=CC2=C(c3ccccc3)c3ccccc3C(c3ccccc3)(c3ccccc3)C2C=C1. The molecular formula is C32H24. The number of benzene rings is 4. The molecule has 2 aliphatic rings. The van der Waals surface area contributed by atoms with Crippen LogP contribution in [0, 0.1) is 5.92 Å². The highest BCUT2D eigenvalue weighted by Crippen LogP contribution is 2.56. The summed E-state index contributed by atoms with van der Waals surface area (Å²) in [5, 5.41) is 0. The minimum atomic E-state index is -0.298. The molecule has 0 spiro atoms. The summed E-state index contributed by atoms with van der Waals surface area (Å²) in [7, 11) is 0. The van der Waals surface area contributed by atoms with E-state index < -0.39 is 0 Å². The van der Waals surface area contributed by atoms with E-state index in [9.17, 15) is 0 Å². The zero-order chi connectivity index (χ0) is 21.4. The summed E-state index contributed by atoms with van der Waals surface area (Å²) in [6.07, 6.45) is 9.12. The number of allylic oxidation sites excluding steroid dienone is 5. The molecule has 0 heteroatoms. The van der Waals surface area contributed by atoms with Gasteiger partial charge in [0.25, 0.3) is 0 Å². The lowest BCUT2D eigenvalue weighted by atomic mass is 9.54. The molecule has 0 heterocycles. The molecule has 0 N–H and O–H groups in total. The molecule has 0 aliphatic heterocycles. The molecule has 0 radical (unpaired) electrons. The highest BCUT2D eigenvalue weighted by atomic mass is 14.5. The van der Waals surface area contributed by atoms with Gasteiger partial charge in [-0.1, -0.05) is 140 Å². The van der Waals surface area contributed by atoms with Crippen molar-refractivity contribution in [2.75, 3.05) is 0 Å². The molecule has 0 nitrogen and oxygen atoms in total. The zero-order valence-corrected chi connectivity index (χ0v) is 17.9. The number of hydrogen-bond acceptors (Lipinski definition) is 0. The maximum Gasteiger partial charge on any atom is 0.0560 e. The zero-order valence-electron chi connectivity index (χ0n) is 17.9. The van der Waals surface area contributed by atoms with Gasteiger partial charge in [-0.05, 0) is 39.0 Å². The second-order valence-electron chi connectivity index (χ2n) is 8.50. The minimum absolute atomic E-state index is 0.197. The third kappa shape index (κ3) is 2.70. The molecule has 2 aliphatic carbocycles. The Morgan fingerprint density at radius 1 is 0.531 bits per heavy atom. The third-order valence-corrected chi connectivity index (χ3v) is 6.92. The molecule has 6 rings (SSSR count). The molecule has 4 aromatic carbocycles. The minimum Gasteiger partial charge on any atom is -0.0754 e. The number of rotatable bonds is 3. The summed E-state index contributed by atoms with van der Waals surface area (Å²) in [6.45, 7) is 0. The van der Waals surface area contributed by atoms with Gasteiger partial charge in [-0.3, -0.25) is 0 Å². The third-order valence-electron chi connectivity index (χ3n) is 6.92. The van der Waals surface area contributed by atoms with E-state index in [-0.39, 0.29) is 11.3 Å². The highest BCUT2D eigenvalue weighted by molar-refractivity contribution is 5.90. The van der Waals surface area contributed by atoms with E-state index >= 15 is 0 Å². The smallest absolute Gasteiger partial charge is 0.0560 e. The average Bonchev–Trinajstić information content (AvgIpc) is 2.89. The molecule has 152 valence electrons. The van der Waals surface area contributed by atoms with Crippen molar-refractivity contribution in [2.45, 2.75) is 5.41 Å². The van der Waals surface area contributed by atoms with E-state index in [0.717, 1.165) is 0 Å². The van der Waals surface area contributed by atoms with E-state index in [1.807, 2.05) is 0 Å². The van der Waals surface area contributed by atoms with Gasteiger partial charge in [0.1, 0.15) is 0 Å². The summed E-state index contributed by atoms with van der Waals surface area (Å²) < 4.78 is 0. The first kappa shape index (κ1) is 18.8. The van der Waals surface area contributed by atoms with Crippen LogP contribution in [0.3, 0.4) is 0 Å². The Morgan fingerprint density at radius 3 is 1.75 bits per heavy atom. The van der Waals surface area contributed by atoms with Gasteiger partial charge >= 0.3 is 0 Å². The van der Waals surface area contributed by atoms with Gasteiger partial charge in [0.2, 0.25) is 0 Å². The first-order chi connectivity index (χ1) is 15.9. The first-order valence-corrected chi connectivity index (χ1v) is 11.3. The molecule has 32 heavy (non-hydrogen) atoms. The second-order valence-corrected chi connectivity index (χ2v) is 8.50. The predicted octanol–water partition coefficient (Wildman–Crippen LogP) is 7.58. The Labute approximate surface area is 189 Å². The van der Waals surface area contributed by atoms with Crippen molar-refractivity contribution < 1.29 is 0 Å². The van der Waals surface area contributed by atoms with E-state index in [4.69, 9.17) is 0 Å². The molecule has 0 fully saturated rings. The average molecular weight is 409 g/mol. The van der Waals surface area contributed by atoms with Crippen molar-refractivity contribution in [2.24, 2.45) is 5.92 Å². The van der Waals surface area contributed by atoms with Crippen LogP contribution in [-0.2, 0) is 5.41 Å². The largest absolute Gasteiger partial charge is 0.0754 e. The Hall–Kier alpha value is -3.90. The molecule has 0 saturated heterocycles.